The van der Waals surface area contributed by atoms with Crippen LogP contribution >= 0.6 is 0 Å². The number of nitrogens with one attached hydrogen (secondary N) is 1. The molecule has 0 spiro atoms. The van der Waals surface area contributed by atoms with E-state index in [0.717, 1.165) is 0 Å². The molecular weight excluding hydrogens is 286 g/mol. The van der Waals surface area contributed by atoms with E-state index in [0.29, 0.717) is 11.1 Å². The summed E-state index contributed by atoms with van der Waals surface area (Å²) in [4.78, 5) is 21.7. The number of aromatic hydroxyl groups is 1. The Hall–Kier alpha value is -3.22. The highest BCUT2D eigenvalue weighted by molar-refractivity contribution is 5.83. The maximum atomic E-state index is 11.7. The molecule has 0 heterocycles. The summed E-state index contributed by atoms with van der Waals surface area (Å²) in [5.41, 5.74) is 3.63. The van der Waals surface area contributed by atoms with Gasteiger partial charge in [0, 0.05) is 12.1 Å². The molecule has 7 nitrogen and oxygen atoms in total. The van der Waals surface area contributed by atoms with Crippen molar-refractivity contribution in [3.05, 3.63) is 69.8 Å². The number of amides is 1. The number of non-ortho nitro benzene ring substituents is 1. The Balaban J connectivity index is 1.89. The first kappa shape index (κ1) is 15.2. The third-order valence-corrected chi connectivity index (χ3v) is 2.78. The predicted octanol–water partition coefficient (Wildman–Crippen LogP) is 1.99. The van der Waals surface area contributed by atoms with Crippen LogP contribution in [0.5, 0.6) is 5.75 Å². The van der Waals surface area contributed by atoms with Crippen LogP contribution in [0.1, 0.15) is 11.1 Å². The van der Waals surface area contributed by atoms with Gasteiger partial charge in [-0.2, -0.15) is 5.10 Å². The molecule has 0 saturated heterocycles. The van der Waals surface area contributed by atoms with E-state index in [1.54, 1.807) is 12.1 Å². The lowest BCUT2D eigenvalue weighted by Crippen LogP contribution is -2.19. The summed E-state index contributed by atoms with van der Waals surface area (Å²) in [7, 11) is 0. The van der Waals surface area contributed by atoms with Gasteiger partial charge in [0.15, 0.2) is 0 Å². The van der Waals surface area contributed by atoms with Gasteiger partial charge in [-0.15, -0.1) is 0 Å². The molecule has 2 aromatic carbocycles. The number of hydrogen-bond acceptors (Lipinski definition) is 5. The predicted molar refractivity (Wildman–Crippen MR) is 80.6 cm³/mol. The molecule has 2 aromatic rings. The number of phenols is 1. The van der Waals surface area contributed by atoms with Gasteiger partial charge in [0.1, 0.15) is 5.75 Å². The molecule has 2 N–H and O–H groups in total. The Kier molecular flexibility index (Phi) is 4.81. The van der Waals surface area contributed by atoms with E-state index in [4.69, 9.17) is 0 Å². The number of benzene rings is 2. The molecule has 112 valence electrons. The standard InChI is InChI=1S/C15H13N3O4/c19-14-3-1-2-12(8-14)10-16-17-15(20)9-11-4-6-13(7-5-11)18(21)22/h1-8,10,19H,9H2,(H,17,20). The minimum Gasteiger partial charge on any atom is -0.508 e. The maximum absolute atomic E-state index is 11.7. The SMILES string of the molecule is O=C(Cc1ccc([N+](=O)[O-])cc1)NN=Cc1cccc(O)c1. The summed E-state index contributed by atoms with van der Waals surface area (Å²) in [5.74, 6) is -0.230. The molecule has 0 radical (unpaired) electrons. The van der Waals surface area contributed by atoms with Crippen molar-refractivity contribution in [2.45, 2.75) is 6.42 Å². The van der Waals surface area contributed by atoms with E-state index >= 15 is 0 Å². The molecular formula is C15H13N3O4. The highest BCUT2D eigenvalue weighted by Gasteiger charge is 2.06. The number of hydrazone groups is 1. The van der Waals surface area contributed by atoms with E-state index in [9.17, 15) is 20.0 Å². The van der Waals surface area contributed by atoms with Gasteiger partial charge in [0.25, 0.3) is 5.69 Å². The van der Waals surface area contributed by atoms with Crippen LogP contribution in [0.3, 0.4) is 0 Å². The molecule has 0 aromatic heterocycles. The molecule has 0 atom stereocenters. The van der Waals surface area contributed by atoms with E-state index < -0.39 is 4.92 Å². The summed E-state index contributed by atoms with van der Waals surface area (Å²) >= 11 is 0. The fourth-order valence-corrected chi connectivity index (χ4v) is 1.74. The van der Waals surface area contributed by atoms with Gasteiger partial charge in [-0.1, -0.05) is 24.3 Å². The van der Waals surface area contributed by atoms with E-state index in [-0.39, 0.29) is 23.8 Å². The molecule has 1 amide bonds. The number of carbonyl (C=O) groups is 1. The molecule has 22 heavy (non-hydrogen) atoms. The minimum atomic E-state index is -0.497. The van der Waals surface area contributed by atoms with Gasteiger partial charge < -0.3 is 5.11 Å². The first-order valence-electron chi connectivity index (χ1n) is 6.39. The molecule has 0 fully saturated rings. The Bertz CT molecular complexity index is 711. The first-order chi connectivity index (χ1) is 10.5. The Morgan fingerprint density at radius 3 is 2.64 bits per heavy atom. The van der Waals surface area contributed by atoms with Gasteiger partial charge in [-0.25, -0.2) is 5.43 Å². The van der Waals surface area contributed by atoms with Gasteiger partial charge in [-0.05, 0) is 23.3 Å². The number of rotatable bonds is 5. The number of hydrogen-bond donors (Lipinski definition) is 2. The average Bonchev–Trinajstić information content (AvgIpc) is 2.48. The normalized spacial score (nSPS) is 10.5. The van der Waals surface area contributed by atoms with Crippen molar-refractivity contribution in [3.63, 3.8) is 0 Å². The largest absolute Gasteiger partial charge is 0.508 e. The lowest BCUT2D eigenvalue weighted by atomic mass is 10.1. The number of nitro groups is 1. The van der Waals surface area contributed by atoms with Gasteiger partial charge >= 0.3 is 0 Å². The van der Waals surface area contributed by atoms with Crippen molar-refractivity contribution in [2.75, 3.05) is 0 Å². The second kappa shape index (κ2) is 6.98. The monoisotopic (exact) mass is 299 g/mol. The summed E-state index contributed by atoms with van der Waals surface area (Å²) in [6.45, 7) is 0. The number of carbonyl (C=O) groups excluding carboxylic acids is 1. The van der Waals surface area contributed by atoms with E-state index in [1.165, 1.54) is 42.6 Å². The van der Waals surface area contributed by atoms with Crippen molar-refractivity contribution < 1.29 is 14.8 Å². The second-order valence-electron chi connectivity index (χ2n) is 4.49. The van der Waals surface area contributed by atoms with Crippen LogP contribution < -0.4 is 5.43 Å². The van der Waals surface area contributed by atoms with Crippen molar-refractivity contribution in [1.82, 2.24) is 5.43 Å². The smallest absolute Gasteiger partial charge is 0.269 e. The van der Waals surface area contributed by atoms with Crippen molar-refractivity contribution >= 4 is 17.8 Å². The fraction of sp³-hybridized carbons (Fsp3) is 0.0667. The number of phenolic OH excluding ortho intramolecular Hbond substituents is 1. The van der Waals surface area contributed by atoms with E-state index in [1.807, 2.05) is 0 Å². The van der Waals surface area contributed by atoms with Crippen LogP contribution in [-0.2, 0) is 11.2 Å². The molecule has 0 bridgehead atoms. The lowest BCUT2D eigenvalue weighted by molar-refractivity contribution is -0.384. The van der Waals surface area contributed by atoms with Crippen LogP contribution in [0, 0.1) is 10.1 Å². The third kappa shape index (κ3) is 4.41. The van der Waals surface area contributed by atoms with Crippen LogP contribution in [0.2, 0.25) is 0 Å². The van der Waals surface area contributed by atoms with E-state index in [2.05, 4.69) is 10.5 Å². The molecule has 0 unspecified atom stereocenters. The molecule has 2 rings (SSSR count). The van der Waals surface area contributed by atoms with Crippen molar-refractivity contribution in [1.29, 1.82) is 0 Å². The van der Waals surface area contributed by atoms with Crippen LogP contribution in [0.25, 0.3) is 0 Å². The zero-order valence-electron chi connectivity index (χ0n) is 11.5. The first-order valence-corrected chi connectivity index (χ1v) is 6.39. The van der Waals surface area contributed by atoms with Crippen molar-refractivity contribution in [2.24, 2.45) is 5.10 Å². The third-order valence-electron chi connectivity index (χ3n) is 2.78. The van der Waals surface area contributed by atoms with Gasteiger partial charge in [0.2, 0.25) is 5.91 Å². The maximum Gasteiger partial charge on any atom is 0.269 e. The lowest BCUT2D eigenvalue weighted by Gasteiger charge is -2.00. The molecule has 7 heteroatoms. The Morgan fingerprint density at radius 1 is 1.27 bits per heavy atom. The van der Waals surface area contributed by atoms with Crippen LogP contribution in [0.4, 0.5) is 5.69 Å². The van der Waals surface area contributed by atoms with Gasteiger partial charge in [0.05, 0.1) is 17.6 Å². The summed E-state index contributed by atoms with van der Waals surface area (Å²) in [6.07, 6.45) is 1.48. The van der Waals surface area contributed by atoms with Crippen LogP contribution in [-0.4, -0.2) is 22.2 Å². The van der Waals surface area contributed by atoms with Crippen molar-refractivity contribution in [3.8, 4) is 5.75 Å². The molecule has 0 aliphatic rings. The molecule has 0 aliphatic heterocycles. The highest BCUT2D eigenvalue weighted by atomic mass is 16.6. The fourth-order valence-electron chi connectivity index (χ4n) is 1.74. The molecule has 0 aliphatic carbocycles. The highest BCUT2D eigenvalue weighted by Crippen LogP contribution is 2.12. The quantitative estimate of drug-likeness (QED) is 0.500. The van der Waals surface area contributed by atoms with Gasteiger partial charge in [-0.3, -0.25) is 14.9 Å². The second-order valence-corrected chi connectivity index (χ2v) is 4.49. The molecule has 0 saturated carbocycles. The topological polar surface area (TPSA) is 105 Å². The Morgan fingerprint density at radius 2 is 2.00 bits per heavy atom. The minimum absolute atomic E-state index is 0.0222. The zero-order chi connectivity index (χ0) is 15.9. The van der Waals surface area contributed by atoms with Crippen LogP contribution in [0.15, 0.2) is 53.6 Å². The Labute approximate surface area is 126 Å². The summed E-state index contributed by atoms with van der Waals surface area (Å²) in [6, 6.07) is 12.2. The number of nitrogens with zero attached hydrogens (tertiary/aromatic N) is 2. The number of nitro benzene ring substituents is 1. The average molecular weight is 299 g/mol. The summed E-state index contributed by atoms with van der Waals surface area (Å²) < 4.78 is 0. The zero-order valence-corrected chi connectivity index (χ0v) is 11.5. The summed E-state index contributed by atoms with van der Waals surface area (Å²) in [5, 5.41) is 23.6.